The first-order chi connectivity index (χ1) is 7.92. The van der Waals surface area contributed by atoms with Crippen molar-refractivity contribution >= 4 is 0 Å². The van der Waals surface area contributed by atoms with Crippen LogP contribution in [0.3, 0.4) is 0 Å². The van der Waals surface area contributed by atoms with Crippen LogP contribution in [0.25, 0.3) is 0 Å². The SMILES string of the molecule is CNC(/C1=C/CCCCCC1)c1ncc[nH]1. The highest BCUT2D eigenvalue weighted by Crippen LogP contribution is 2.26. The van der Waals surface area contributed by atoms with Gasteiger partial charge in [0.2, 0.25) is 0 Å². The Hall–Kier alpha value is -1.09. The van der Waals surface area contributed by atoms with Gasteiger partial charge in [-0.15, -0.1) is 0 Å². The molecule has 0 bridgehead atoms. The standard InChI is InChI=1S/C13H21N3/c1-14-12(13-15-9-10-16-13)11-7-5-3-2-4-6-8-11/h7,9-10,12,14H,2-6,8H2,1H3,(H,15,16)/b11-7+. The van der Waals surface area contributed by atoms with Gasteiger partial charge in [0, 0.05) is 12.4 Å². The van der Waals surface area contributed by atoms with Gasteiger partial charge in [0.1, 0.15) is 5.82 Å². The lowest BCUT2D eigenvalue weighted by Gasteiger charge is -2.20. The average molecular weight is 219 g/mol. The molecule has 0 aliphatic heterocycles. The van der Waals surface area contributed by atoms with Crippen molar-refractivity contribution in [3.8, 4) is 0 Å². The number of aromatic amines is 1. The van der Waals surface area contributed by atoms with E-state index in [9.17, 15) is 0 Å². The predicted molar refractivity (Wildman–Crippen MR) is 66.2 cm³/mol. The molecular formula is C13H21N3. The Balaban J connectivity index is 2.12. The summed E-state index contributed by atoms with van der Waals surface area (Å²) in [5, 5.41) is 3.36. The van der Waals surface area contributed by atoms with Crippen molar-refractivity contribution in [1.82, 2.24) is 15.3 Å². The third-order valence-electron chi connectivity index (χ3n) is 3.28. The number of nitrogens with one attached hydrogen (secondary N) is 2. The van der Waals surface area contributed by atoms with Gasteiger partial charge in [0.05, 0.1) is 6.04 Å². The zero-order valence-electron chi connectivity index (χ0n) is 10.00. The maximum atomic E-state index is 4.36. The van der Waals surface area contributed by atoms with E-state index >= 15 is 0 Å². The van der Waals surface area contributed by atoms with Gasteiger partial charge >= 0.3 is 0 Å². The maximum absolute atomic E-state index is 4.36. The van der Waals surface area contributed by atoms with Crippen LogP contribution in [-0.4, -0.2) is 17.0 Å². The van der Waals surface area contributed by atoms with Crippen molar-refractivity contribution in [1.29, 1.82) is 0 Å². The largest absolute Gasteiger partial charge is 0.347 e. The topological polar surface area (TPSA) is 40.7 Å². The lowest BCUT2D eigenvalue weighted by molar-refractivity contribution is 0.561. The molecule has 0 spiro atoms. The van der Waals surface area contributed by atoms with Gasteiger partial charge in [-0.3, -0.25) is 0 Å². The van der Waals surface area contributed by atoms with Crippen LogP contribution in [0.4, 0.5) is 0 Å². The number of hydrogen-bond donors (Lipinski definition) is 2. The van der Waals surface area contributed by atoms with Crippen molar-refractivity contribution in [2.24, 2.45) is 0 Å². The van der Waals surface area contributed by atoms with E-state index < -0.39 is 0 Å². The van der Waals surface area contributed by atoms with Crippen molar-refractivity contribution in [2.75, 3.05) is 7.05 Å². The molecule has 16 heavy (non-hydrogen) atoms. The Bertz CT molecular complexity index is 327. The third-order valence-corrected chi connectivity index (χ3v) is 3.28. The highest BCUT2D eigenvalue weighted by molar-refractivity contribution is 5.18. The van der Waals surface area contributed by atoms with Gasteiger partial charge in [0.15, 0.2) is 0 Å². The summed E-state index contributed by atoms with van der Waals surface area (Å²) in [6.07, 6.45) is 13.9. The second-order valence-electron chi connectivity index (χ2n) is 4.43. The number of imidazole rings is 1. The molecule has 0 saturated heterocycles. The minimum absolute atomic E-state index is 0.271. The minimum Gasteiger partial charge on any atom is -0.347 e. The second-order valence-corrected chi connectivity index (χ2v) is 4.43. The smallest absolute Gasteiger partial charge is 0.127 e. The number of aromatic nitrogens is 2. The summed E-state index contributed by atoms with van der Waals surface area (Å²) in [5.41, 5.74) is 1.50. The molecule has 0 amide bonds. The molecule has 88 valence electrons. The van der Waals surface area contributed by atoms with E-state index in [4.69, 9.17) is 0 Å². The molecule has 1 aromatic rings. The van der Waals surface area contributed by atoms with E-state index in [0.29, 0.717) is 0 Å². The van der Waals surface area contributed by atoms with Crippen LogP contribution in [0.2, 0.25) is 0 Å². The summed E-state index contributed by atoms with van der Waals surface area (Å²) in [6.45, 7) is 0. The van der Waals surface area contributed by atoms with Crippen molar-refractivity contribution in [2.45, 2.75) is 44.6 Å². The van der Waals surface area contributed by atoms with Crippen LogP contribution in [0.5, 0.6) is 0 Å². The Morgan fingerprint density at radius 3 is 2.94 bits per heavy atom. The van der Waals surface area contributed by atoms with Crippen LogP contribution in [0, 0.1) is 0 Å². The molecule has 3 heteroatoms. The summed E-state index contributed by atoms with van der Waals surface area (Å²) in [6, 6.07) is 0.271. The third kappa shape index (κ3) is 2.73. The van der Waals surface area contributed by atoms with Gasteiger partial charge in [0.25, 0.3) is 0 Å². The van der Waals surface area contributed by atoms with Gasteiger partial charge in [-0.05, 0) is 38.3 Å². The zero-order chi connectivity index (χ0) is 11.2. The number of hydrogen-bond acceptors (Lipinski definition) is 2. The Morgan fingerprint density at radius 1 is 1.31 bits per heavy atom. The van der Waals surface area contributed by atoms with Crippen LogP contribution < -0.4 is 5.32 Å². The highest BCUT2D eigenvalue weighted by Gasteiger charge is 2.17. The molecule has 1 aliphatic rings. The fourth-order valence-corrected chi connectivity index (χ4v) is 2.41. The minimum atomic E-state index is 0.271. The molecule has 0 radical (unpaired) electrons. The molecular weight excluding hydrogens is 198 g/mol. The van der Waals surface area contributed by atoms with Gasteiger partial charge in [-0.2, -0.15) is 0 Å². The molecule has 3 nitrogen and oxygen atoms in total. The van der Waals surface area contributed by atoms with E-state index in [1.807, 2.05) is 19.4 Å². The lowest BCUT2D eigenvalue weighted by Crippen LogP contribution is -2.20. The Labute approximate surface area is 97.4 Å². The Morgan fingerprint density at radius 2 is 2.19 bits per heavy atom. The summed E-state index contributed by atoms with van der Waals surface area (Å²) in [5.74, 6) is 1.04. The molecule has 1 aliphatic carbocycles. The predicted octanol–water partition coefficient (Wildman–Crippen LogP) is 2.95. The van der Waals surface area contributed by atoms with E-state index in [-0.39, 0.29) is 6.04 Å². The van der Waals surface area contributed by atoms with Crippen LogP contribution in [0.15, 0.2) is 24.0 Å². The summed E-state index contributed by atoms with van der Waals surface area (Å²) >= 11 is 0. The number of nitrogens with zero attached hydrogens (tertiary/aromatic N) is 1. The first-order valence-electron chi connectivity index (χ1n) is 6.27. The molecule has 0 aromatic carbocycles. The second kappa shape index (κ2) is 5.85. The number of H-pyrrole nitrogens is 1. The number of rotatable bonds is 3. The first kappa shape index (κ1) is 11.4. The normalized spacial score (nSPS) is 22.9. The van der Waals surface area contributed by atoms with E-state index in [2.05, 4.69) is 21.4 Å². The molecule has 1 aromatic heterocycles. The van der Waals surface area contributed by atoms with E-state index in [0.717, 1.165) is 5.82 Å². The average Bonchev–Trinajstić information content (AvgIpc) is 2.75. The first-order valence-corrected chi connectivity index (χ1v) is 6.27. The van der Waals surface area contributed by atoms with Gasteiger partial charge in [-0.1, -0.05) is 18.9 Å². The molecule has 0 fully saturated rings. The molecule has 2 rings (SSSR count). The number of likely N-dealkylation sites (N-methyl/N-ethyl adjacent to an activating group) is 1. The molecule has 0 saturated carbocycles. The van der Waals surface area contributed by atoms with Crippen molar-refractivity contribution in [3.05, 3.63) is 29.9 Å². The molecule has 1 unspecified atom stereocenters. The zero-order valence-corrected chi connectivity index (χ0v) is 10.00. The van der Waals surface area contributed by atoms with Gasteiger partial charge < -0.3 is 10.3 Å². The van der Waals surface area contributed by atoms with Gasteiger partial charge in [-0.25, -0.2) is 4.98 Å². The van der Waals surface area contributed by atoms with Crippen molar-refractivity contribution < 1.29 is 0 Å². The quantitative estimate of drug-likeness (QED) is 0.767. The van der Waals surface area contributed by atoms with Crippen molar-refractivity contribution in [3.63, 3.8) is 0 Å². The molecule has 1 atom stereocenters. The summed E-state index contributed by atoms with van der Waals surface area (Å²) < 4.78 is 0. The highest BCUT2D eigenvalue weighted by atomic mass is 15.0. The molecule has 1 heterocycles. The van der Waals surface area contributed by atoms with E-state index in [1.165, 1.54) is 44.1 Å². The summed E-state index contributed by atoms with van der Waals surface area (Å²) in [4.78, 5) is 7.56. The number of allylic oxidation sites excluding steroid dienone is 1. The maximum Gasteiger partial charge on any atom is 0.127 e. The Kier molecular flexibility index (Phi) is 4.17. The summed E-state index contributed by atoms with van der Waals surface area (Å²) in [7, 11) is 2.01. The van der Waals surface area contributed by atoms with Crippen LogP contribution in [-0.2, 0) is 0 Å². The van der Waals surface area contributed by atoms with Crippen LogP contribution >= 0.6 is 0 Å². The fraction of sp³-hybridized carbons (Fsp3) is 0.615. The molecule has 2 N–H and O–H groups in total. The lowest BCUT2D eigenvalue weighted by atomic mass is 9.94. The fourth-order valence-electron chi connectivity index (χ4n) is 2.41. The van der Waals surface area contributed by atoms with Crippen LogP contribution in [0.1, 0.15) is 50.4 Å². The monoisotopic (exact) mass is 219 g/mol. The van der Waals surface area contributed by atoms with E-state index in [1.54, 1.807) is 0 Å².